The van der Waals surface area contributed by atoms with Gasteiger partial charge >= 0.3 is 6.09 Å². The fraction of sp³-hybridized carbons (Fsp3) is 0.500. The molecule has 2 heterocycles. The van der Waals surface area contributed by atoms with Crippen LogP contribution in [-0.4, -0.2) is 53.4 Å². The molecule has 0 saturated carbocycles. The summed E-state index contributed by atoms with van der Waals surface area (Å²) in [7, 11) is 0. The molecule has 0 radical (unpaired) electrons. The quantitative estimate of drug-likeness (QED) is 0.506. The number of alkyl carbamates (subject to hydrolysis) is 1. The van der Waals surface area contributed by atoms with Crippen molar-refractivity contribution < 1.29 is 23.9 Å². The highest BCUT2D eigenvalue weighted by Gasteiger charge is 2.39. The van der Waals surface area contributed by atoms with Crippen molar-refractivity contribution in [3.05, 3.63) is 29.3 Å². The average Bonchev–Trinajstić information content (AvgIpc) is 2.94. The van der Waals surface area contributed by atoms with Gasteiger partial charge in [0, 0.05) is 37.3 Å². The SMILES string of the molecule is CC(C)(C)OC(=O)NCCNc1ccc2c(c1)C(=O)N(C1CCC(=O)NC1=O)C2. The van der Waals surface area contributed by atoms with Crippen LogP contribution in [0.4, 0.5) is 10.5 Å². The number of hydrogen-bond donors (Lipinski definition) is 3. The third-order valence-electron chi connectivity index (χ3n) is 4.65. The second kappa shape index (κ2) is 8.10. The maximum Gasteiger partial charge on any atom is 0.407 e. The van der Waals surface area contributed by atoms with Gasteiger partial charge in [0.1, 0.15) is 11.6 Å². The molecule has 0 bridgehead atoms. The molecule has 1 saturated heterocycles. The van der Waals surface area contributed by atoms with Gasteiger partial charge < -0.3 is 20.3 Å². The molecule has 1 aromatic rings. The van der Waals surface area contributed by atoms with Crippen molar-refractivity contribution in [2.45, 2.75) is 51.8 Å². The monoisotopic (exact) mass is 402 g/mol. The molecule has 3 N–H and O–H groups in total. The Morgan fingerprint density at radius 3 is 2.69 bits per heavy atom. The summed E-state index contributed by atoms with van der Waals surface area (Å²) in [5, 5.41) is 8.11. The number of amides is 4. The van der Waals surface area contributed by atoms with Gasteiger partial charge in [-0.1, -0.05) is 6.07 Å². The number of carbonyl (C=O) groups excluding carboxylic acids is 4. The van der Waals surface area contributed by atoms with Gasteiger partial charge in [-0.3, -0.25) is 19.7 Å². The van der Waals surface area contributed by atoms with Crippen LogP contribution in [0.5, 0.6) is 0 Å². The molecule has 3 rings (SSSR count). The van der Waals surface area contributed by atoms with Gasteiger partial charge in [-0.15, -0.1) is 0 Å². The van der Waals surface area contributed by atoms with Crippen molar-refractivity contribution in [1.29, 1.82) is 0 Å². The van der Waals surface area contributed by atoms with Crippen LogP contribution in [0.2, 0.25) is 0 Å². The van der Waals surface area contributed by atoms with Gasteiger partial charge in [0.2, 0.25) is 11.8 Å². The highest BCUT2D eigenvalue weighted by atomic mass is 16.6. The number of anilines is 1. The van der Waals surface area contributed by atoms with E-state index in [1.54, 1.807) is 26.8 Å². The minimum Gasteiger partial charge on any atom is -0.444 e. The summed E-state index contributed by atoms with van der Waals surface area (Å²) in [6.45, 7) is 6.56. The lowest BCUT2D eigenvalue weighted by molar-refractivity contribution is -0.136. The first-order chi connectivity index (χ1) is 13.6. The maximum atomic E-state index is 12.8. The van der Waals surface area contributed by atoms with Crippen LogP contribution in [0, 0.1) is 0 Å². The maximum absolute atomic E-state index is 12.8. The van der Waals surface area contributed by atoms with E-state index in [4.69, 9.17) is 4.74 Å². The first-order valence-electron chi connectivity index (χ1n) is 9.62. The van der Waals surface area contributed by atoms with E-state index in [2.05, 4.69) is 16.0 Å². The Hall–Kier alpha value is -3.10. The van der Waals surface area contributed by atoms with Gasteiger partial charge in [0.25, 0.3) is 5.91 Å². The lowest BCUT2D eigenvalue weighted by Crippen LogP contribution is -2.52. The Morgan fingerprint density at radius 2 is 2.00 bits per heavy atom. The van der Waals surface area contributed by atoms with Crippen molar-refractivity contribution >= 4 is 29.5 Å². The van der Waals surface area contributed by atoms with Crippen LogP contribution in [0.15, 0.2) is 18.2 Å². The fourth-order valence-electron chi connectivity index (χ4n) is 3.35. The van der Waals surface area contributed by atoms with E-state index >= 15 is 0 Å². The van der Waals surface area contributed by atoms with Crippen LogP contribution < -0.4 is 16.0 Å². The number of nitrogens with one attached hydrogen (secondary N) is 3. The average molecular weight is 402 g/mol. The van der Waals surface area contributed by atoms with Crippen molar-refractivity contribution in [3.63, 3.8) is 0 Å². The number of hydrogen-bond acceptors (Lipinski definition) is 6. The van der Waals surface area contributed by atoms with E-state index in [-0.39, 0.29) is 18.2 Å². The summed E-state index contributed by atoms with van der Waals surface area (Å²) in [4.78, 5) is 49.4. The normalized spacial score (nSPS) is 18.9. The minimum atomic E-state index is -0.623. The van der Waals surface area contributed by atoms with Crippen LogP contribution in [0.25, 0.3) is 0 Å². The third kappa shape index (κ3) is 5.04. The summed E-state index contributed by atoms with van der Waals surface area (Å²) in [5.41, 5.74) is 1.58. The molecule has 0 aromatic heterocycles. The second-order valence-corrected chi connectivity index (χ2v) is 8.13. The van der Waals surface area contributed by atoms with E-state index in [9.17, 15) is 19.2 Å². The molecule has 1 aromatic carbocycles. The first-order valence-corrected chi connectivity index (χ1v) is 9.62. The molecule has 9 nitrogen and oxygen atoms in total. The van der Waals surface area contributed by atoms with Crippen LogP contribution in [-0.2, 0) is 20.9 Å². The van der Waals surface area contributed by atoms with Gasteiger partial charge in [0.15, 0.2) is 0 Å². The Bertz CT molecular complexity index is 846. The first kappa shape index (κ1) is 20.6. The van der Waals surface area contributed by atoms with Crippen LogP contribution in [0.1, 0.15) is 49.5 Å². The number of fused-ring (bicyclic) bond motifs is 1. The van der Waals surface area contributed by atoms with Gasteiger partial charge in [-0.2, -0.15) is 0 Å². The zero-order chi connectivity index (χ0) is 21.2. The molecule has 29 heavy (non-hydrogen) atoms. The van der Waals surface area contributed by atoms with Gasteiger partial charge in [-0.05, 0) is 44.9 Å². The van der Waals surface area contributed by atoms with Crippen molar-refractivity contribution in [3.8, 4) is 0 Å². The molecule has 2 aliphatic rings. The molecule has 1 unspecified atom stereocenters. The summed E-state index contributed by atoms with van der Waals surface area (Å²) in [6, 6.07) is 4.83. The molecular formula is C20H26N4O5. The zero-order valence-electron chi connectivity index (χ0n) is 16.8. The number of benzene rings is 1. The number of carbonyl (C=O) groups is 4. The number of piperidine rings is 1. The zero-order valence-corrected chi connectivity index (χ0v) is 16.8. The number of imide groups is 1. The summed E-state index contributed by atoms with van der Waals surface area (Å²) >= 11 is 0. The van der Waals surface area contributed by atoms with E-state index in [0.29, 0.717) is 31.6 Å². The highest BCUT2D eigenvalue weighted by Crippen LogP contribution is 2.29. The molecule has 1 fully saturated rings. The predicted octanol–water partition coefficient (Wildman–Crippen LogP) is 1.38. The lowest BCUT2D eigenvalue weighted by atomic mass is 10.0. The largest absolute Gasteiger partial charge is 0.444 e. The Kier molecular flexibility index (Phi) is 5.76. The van der Waals surface area contributed by atoms with E-state index in [0.717, 1.165) is 11.3 Å². The van der Waals surface area contributed by atoms with Crippen LogP contribution >= 0.6 is 0 Å². The second-order valence-electron chi connectivity index (χ2n) is 8.13. The Balaban J connectivity index is 1.54. The molecule has 9 heteroatoms. The van der Waals surface area contributed by atoms with Crippen molar-refractivity contribution in [2.24, 2.45) is 0 Å². The predicted molar refractivity (Wildman–Crippen MR) is 105 cm³/mol. The summed E-state index contributed by atoms with van der Waals surface area (Å²) in [6.07, 6.45) is 0.0862. The summed E-state index contributed by atoms with van der Waals surface area (Å²) < 4.78 is 5.17. The van der Waals surface area contributed by atoms with E-state index < -0.39 is 23.6 Å². The van der Waals surface area contributed by atoms with Crippen molar-refractivity contribution in [2.75, 3.05) is 18.4 Å². The minimum absolute atomic E-state index is 0.218. The van der Waals surface area contributed by atoms with E-state index in [1.165, 1.54) is 4.90 Å². The third-order valence-corrected chi connectivity index (χ3v) is 4.65. The van der Waals surface area contributed by atoms with Gasteiger partial charge in [-0.25, -0.2) is 4.79 Å². The number of ether oxygens (including phenoxy) is 1. The van der Waals surface area contributed by atoms with Crippen molar-refractivity contribution in [1.82, 2.24) is 15.5 Å². The molecule has 0 aliphatic carbocycles. The number of nitrogens with zero attached hydrogens (tertiary/aromatic N) is 1. The summed E-state index contributed by atoms with van der Waals surface area (Å²) in [5.74, 6) is -0.944. The van der Waals surface area contributed by atoms with E-state index in [1.807, 2.05) is 12.1 Å². The Labute approximate surface area is 169 Å². The number of rotatable bonds is 5. The topological polar surface area (TPSA) is 117 Å². The molecule has 1 atom stereocenters. The molecule has 4 amide bonds. The fourth-order valence-corrected chi connectivity index (χ4v) is 3.35. The molecular weight excluding hydrogens is 376 g/mol. The molecule has 156 valence electrons. The molecule has 2 aliphatic heterocycles. The Morgan fingerprint density at radius 1 is 1.24 bits per heavy atom. The lowest BCUT2D eigenvalue weighted by Gasteiger charge is -2.29. The molecule has 0 spiro atoms. The standard InChI is InChI=1S/C20H26N4O5/c1-20(2,3)29-19(28)22-9-8-21-13-5-4-12-11-24(18(27)14(12)10-13)15-6-7-16(25)23-17(15)26/h4-5,10,15,21H,6-9,11H2,1-3H3,(H,22,28)(H,23,25,26). The van der Waals surface area contributed by atoms with Crippen LogP contribution in [0.3, 0.4) is 0 Å². The van der Waals surface area contributed by atoms with Gasteiger partial charge in [0.05, 0.1) is 0 Å². The highest BCUT2D eigenvalue weighted by molar-refractivity contribution is 6.05. The smallest absolute Gasteiger partial charge is 0.407 e.